The van der Waals surface area contributed by atoms with Gasteiger partial charge in [0.25, 0.3) is 0 Å². The topological polar surface area (TPSA) is 32.3 Å². The molecule has 1 saturated heterocycles. The normalized spacial score (nSPS) is 23.9. The van der Waals surface area contributed by atoms with Crippen LogP contribution in [0.4, 0.5) is 0 Å². The van der Waals surface area contributed by atoms with Crippen LogP contribution in [0.15, 0.2) is 24.3 Å². The average Bonchev–Trinajstić information content (AvgIpc) is 2.83. The molecule has 2 nitrogen and oxygen atoms in total. The van der Waals surface area contributed by atoms with E-state index in [9.17, 15) is 5.11 Å². The van der Waals surface area contributed by atoms with Gasteiger partial charge in [-0.1, -0.05) is 38.1 Å². The molecule has 1 heterocycles. The molecule has 1 fully saturated rings. The van der Waals surface area contributed by atoms with Gasteiger partial charge in [-0.2, -0.15) is 0 Å². The molecule has 2 heteroatoms. The molecule has 0 saturated carbocycles. The van der Waals surface area contributed by atoms with E-state index >= 15 is 0 Å². The Morgan fingerprint density at radius 3 is 2.41 bits per heavy atom. The molecule has 0 radical (unpaired) electrons. The van der Waals surface area contributed by atoms with E-state index in [0.29, 0.717) is 5.92 Å². The van der Waals surface area contributed by atoms with Crippen LogP contribution in [-0.4, -0.2) is 17.7 Å². The Hall–Kier alpha value is -0.860. The van der Waals surface area contributed by atoms with E-state index in [2.05, 4.69) is 43.4 Å². The Balaban J connectivity index is 2.20. The second-order valence-electron chi connectivity index (χ2n) is 5.57. The first-order valence-electron chi connectivity index (χ1n) is 6.58. The van der Waals surface area contributed by atoms with Gasteiger partial charge in [0.05, 0.1) is 0 Å². The highest BCUT2D eigenvalue weighted by Crippen LogP contribution is 2.30. The minimum atomic E-state index is -0.758. The van der Waals surface area contributed by atoms with Crippen molar-refractivity contribution >= 4 is 0 Å². The van der Waals surface area contributed by atoms with E-state index in [4.69, 9.17) is 0 Å². The van der Waals surface area contributed by atoms with Crippen LogP contribution in [-0.2, 0) is 5.60 Å². The molecule has 0 aliphatic carbocycles. The highest BCUT2D eigenvalue weighted by atomic mass is 16.3. The summed E-state index contributed by atoms with van der Waals surface area (Å²) in [6, 6.07) is 8.57. The third kappa shape index (κ3) is 2.53. The Labute approximate surface area is 104 Å². The molecule has 1 aliphatic heterocycles. The zero-order chi connectivity index (χ0) is 12.5. The lowest BCUT2D eigenvalue weighted by atomic mass is 9.86. The van der Waals surface area contributed by atoms with E-state index in [0.717, 1.165) is 24.9 Å². The fraction of sp³-hybridized carbons (Fsp3) is 0.600. The largest absolute Gasteiger partial charge is 0.384 e. The molecule has 1 aromatic carbocycles. The molecular weight excluding hydrogens is 210 g/mol. The molecule has 2 rings (SSSR count). The van der Waals surface area contributed by atoms with Gasteiger partial charge in [-0.15, -0.1) is 0 Å². The predicted molar refractivity (Wildman–Crippen MR) is 71.1 cm³/mol. The van der Waals surface area contributed by atoms with Crippen molar-refractivity contribution in [3.8, 4) is 0 Å². The number of rotatable bonds is 3. The van der Waals surface area contributed by atoms with Crippen LogP contribution in [0.1, 0.15) is 50.7 Å². The highest BCUT2D eigenvalue weighted by molar-refractivity contribution is 5.29. The van der Waals surface area contributed by atoms with Crippen LogP contribution in [0.3, 0.4) is 0 Å². The van der Waals surface area contributed by atoms with Gasteiger partial charge >= 0.3 is 0 Å². The van der Waals surface area contributed by atoms with E-state index in [-0.39, 0.29) is 6.04 Å². The summed E-state index contributed by atoms with van der Waals surface area (Å²) in [5.74, 6) is 0.540. The van der Waals surface area contributed by atoms with Crippen molar-refractivity contribution in [2.45, 2.75) is 51.2 Å². The highest BCUT2D eigenvalue weighted by Gasteiger charge is 2.35. The molecule has 0 aromatic heterocycles. The summed E-state index contributed by atoms with van der Waals surface area (Å²) in [6.07, 6.45) is 2.21. The number of nitrogens with one attached hydrogen (secondary N) is 1. The summed E-state index contributed by atoms with van der Waals surface area (Å²) in [5.41, 5.74) is 1.58. The van der Waals surface area contributed by atoms with Crippen LogP contribution in [0.2, 0.25) is 0 Å². The standard InChI is InChI=1S/C15H23NO/c1-11(2)12-6-8-13(9-7-12)15(3,17)14-5-4-10-16-14/h6-9,11,14,16-17H,4-5,10H2,1-3H3. The van der Waals surface area contributed by atoms with Gasteiger partial charge in [-0.3, -0.25) is 0 Å². The Kier molecular flexibility index (Phi) is 3.55. The lowest BCUT2D eigenvalue weighted by Gasteiger charge is -2.31. The zero-order valence-corrected chi connectivity index (χ0v) is 11.0. The first-order valence-corrected chi connectivity index (χ1v) is 6.58. The minimum Gasteiger partial charge on any atom is -0.384 e. The van der Waals surface area contributed by atoms with Crippen molar-refractivity contribution in [1.29, 1.82) is 0 Å². The summed E-state index contributed by atoms with van der Waals surface area (Å²) in [6.45, 7) is 7.31. The number of hydrogen-bond donors (Lipinski definition) is 2. The second kappa shape index (κ2) is 4.79. The van der Waals surface area contributed by atoms with Crippen molar-refractivity contribution in [2.75, 3.05) is 6.54 Å². The van der Waals surface area contributed by atoms with Gasteiger partial charge in [-0.05, 0) is 43.4 Å². The summed E-state index contributed by atoms with van der Waals surface area (Å²) >= 11 is 0. The molecule has 2 atom stereocenters. The molecule has 2 unspecified atom stereocenters. The minimum absolute atomic E-state index is 0.187. The van der Waals surface area contributed by atoms with E-state index in [1.807, 2.05) is 6.92 Å². The van der Waals surface area contributed by atoms with Crippen LogP contribution in [0, 0.1) is 0 Å². The molecule has 1 aliphatic rings. The predicted octanol–water partition coefficient (Wildman–Crippen LogP) is 2.77. The van der Waals surface area contributed by atoms with Crippen molar-refractivity contribution in [3.05, 3.63) is 35.4 Å². The third-order valence-corrected chi connectivity index (χ3v) is 3.90. The van der Waals surface area contributed by atoms with Crippen molar-refractivity contribution in [1.82, 2.24) is 5.32 Å². The molecule has 0 amide bonds. The molecule has 17 heavy (non-hydrogen) atoms. The summed E-state index contributed by atoms with van der Waals surface area (Å²) in [4.78, 5) is 0. The van der Waals surface area contributed by atoms with Gasteiger partial charge in [0.1, 0.15) is 5.60 Å². The van der Waals surface area contributed by atoms with Crippen LogP contribution in [0.5, 0.6) is 0 Å². The molecule has 0 bridgehead atoms. The summed E-state index contributed by atoms with van der Waals surface area (Å²) in [7, 11) is 0. The SMILES string of the molecule is CC(C)c1ccc(C(C)(O)C2CCCN2)cc1. The van der Waals surface area contributed by atoms with Gasteiger partial charge in [0.2, 0.25) is 0 Å². The van der Waals surface area contributed by atoms with Crippen LogP contribution >= 0.6 is 0 Å². The maximum atomic E-state index is 10.7. The maximum absolute atomic E-state index is 10.7. The number of hydrogen-bond acceptors (Lipinski definition) is 2. The van der Waals surface area contributed by atoms with Gasteiger partial charge < -0.3 is 10.4 Å². The molecule has 94 valence electrons. The lowest BCUT2D eigenvalue weighted by Crippen LogP contribution is -2.42. The molecule has 1 aromatic rings. The van der Waals surface area contributed by atoms with Gasteiger partial charge in [0.15, 0.2) is 0 Å². The molecule has 0 spiro atoms. The van der Waals surface area contributed by atoms with Crippen LogP contribution in [0.25, 0.3) is 0 Å². The fourth-order valence-electron chi connectivity index (χ4n) is 2.57. The average molecular weight is 233 g/mol. The van der Waals surface area contributed by atoms with Crippen molar-refractivity contribution in [2.24, 2.45) is 0 Å². The quantitative estimate of drug-likeness (QED) is 0.841. The Morgan fingerprint density at radius 1 is 1.29 bits per heavy atom. The van der Waals surface area contributed by atoms with Crippen molar-refractivity contribution < 1.29 is 5.11 Å². The maximum Gasteiger partial charge on any atom is 0.102 e. The smallest absolute Gasteiger partial charge is 0.102 e. The number of aliphatic hydroxyl groups is 1. The Bertz CT molecular complexity index is 361. The fourth-order valence-corrected chi connectivity index (χ4v) is 2.57. The van der Waals surface area contributed by atoms with Crippen molar-refractivity contribution in [3.63, 3.8) is 0 Å². The lowest BCUT2D eigenvalue weighted by molar-refractivity contribution is 0.0218. The van der Waals surface area contributed by atoms with Gasteiger partial charge in [0, 0.05) is 6.04 Å². The summed E-state index contributed by atoms with van der Waals surface area (Å²) < 4.78 is 0. The van der Waals surface area contributed by atoms with E-state index < -0.39 is 5.60 Å². The first-order chi connectivity index (χ1) is 8.01. The monoisotopic (exact) mass is 233 g/mol. The zero-order valence-electron chi connectivity index (χ0n) is 11.0. The van der Waals surface area contributed by atoms with Gasteiger partial charge in [-0.25, -0.2) is 0 Å². The van der Waals surface area contributed by atoms with Crippen LogP contribution < -0.4 is 5.32 Å². The van der Waals surface area contributed by atoms with E-state index in [1.54, 1.807) is 0 Å². The van der Waals surface area contributed by atoms with E-state index in [1.165, 1.54) is 5.56 Å². The first kappa shape index (κ1) is 12.6. The number of benzene rings is 1. The third-order valence-electron chi connectivity index (χ3n) is 3.90. The summed E-state index contributed by atoms with van der Waals surface area (Å²) in [5, 5.41) is 14.0. The molecular formula is C15H23NO. The second-order valence-corrected chi connectivity index (χ2v) is 5.57. The Morgan fingerprint density at radius 2 is 1.94 bits per heavy atom. The molecule has 2 N–H and O–H groups in total.